The smallest absolute Gasteiger partial charge is 0.349 e. The number of hydrogen-bond donors (Lipinski definition) is 1. The van der Waals surface area contributed by atoms with Crippen LogP contribution in [0.15, 0.2) is 87.4 Å². The average molecular weight is 470 g/mol. The first-order chi connectivity index (χ1) is 16.6. The van der Waals surface area contributed by atoms with Crippen molar-refractivity contribution in [2.75, 3.05) is 11.9 Å². The number of nitrogens with one attached hydrogen (secondary N) is 1. The zero-order valence-corrected chi connectivity index (χ0v) is 19.0. The van der Waals surface area contributed by atoms with Gasteiger partial charge in [0.05, 0.1) is 6.61 Å². The largest absolute Gasteiger partial charge is 0.462 e. The van der Waals surface area contributed by atoms with E-state index < -0.39 is 17.5 Å². The van der Waals surface area contributed by atoms with E-state index in [1.165, 1.54) is 17.4 Å². The highest BCUT2D eigenvalue weighted by atomic mass is 32.1. The normalized spacial score (nSPS) is 11.0. The first-order valence-electron chi connectivity index (χ1n) is 10.7. The van der Waals surface area contributed by atoms with Crippen molar-refractivity contribution < 1.29 is 18.7 Å². The van der Waals surface area contributed by atoms with Gasteiger partial charge in [0.2, 0.25) is 0 Å². The van der Waals surface area contributed by atoms with E-state index in [2.05, 4.69) is 5.32 Å². The summed E-state index contributed by atoms with van der Waals surface area (Å²) in [7, 11) is 0. The van der Waals surface area contributed by atoms with Crippen molar-refractivity contribution >= 4 is 50.0 Å². The molecule has 1 amide bonds. The maximum atomic E-state index is 13.2. The molecule has 0 saturated heterocycles. The van der Waals surface area contributed by atoms with Crippen molar-refractivity contribution in [2.24, 2.45) is 0 Å². The quantitative estimate of drug-likeness (QED) is 0.191. The summed E-state index contributed by atoms with van der Waals surface area (Å²) in [6.07, 6.45) is 0. The highest BCUT2D eigenvalue weighted by Gasteiger charge is 2.24. The van der Waals surface area contributed by atoms with E-state index in [9.17, 15) is 14.4 Å². The second-order valence-corrected chi connectivity index (χ2v) is 8.42. The molecule has 0 bridgehead atoms. The number of benzene rings is 3. The highest BCUT2D eigenvalue weighted by molar-refractivity contribution is 7.15. The lowest BCUT2D eigenvalue weighted by atomic mass is 10.0. The lowest BCUT2D eigenvalue weighted by molar-refractivity contribution is 0.0529. The van der Waals surface area contributed by atoms with E-state index in [1.54, 1.807) is 18.4 Å². The zero-order chi connectivity index (χ0) is 23.7. The first-order valence-corrected chi connectivity index (χ1v) is 11.6. The Hall–Kier alpha value is -4.23. The maximum absolute atomic E-state index is 13.2. The molecule has 2 aromatic heterocycles. The van der Waals surface area contributed by atoms with Crippen LogP contribution in [0.1, 0.15) is 27.6 Å². The molecule has 2 heterocycles. The molecular weight excluding hydrogens is 450 g/mol. The van der Waals surface area contributed by atoms with Crippen molar-refractivity contribution in [2.45, 2.75) is 6.92 Å². The molecule has 0 unspecified atom stereocenters. The Balaban J connectivity index is 1.58. The van der Waals surface area contributed by atoms with Gasteiger partial charge in [-0.3, -0.25) is 4.79 Å². The van der Waals surface area contributed by atoms with Crippen LogP contribution >= 0.6 is 11.3 Å². The minimum atomic E-state index is -0.752. The van der Waals surface area contributed by atoms with Crippen molar-refractivity contribution in [1.29, 1.82) is 0 Å². The molecule has 0 aliphatic heterocycles. The number of carbonyl (C=O) groups excluding carboxylic acids is 2. The third kappa shape index (κ3) is 3.86. The van der Waals surface area contributed by atoms with Crippen molar-refractivity contribution in [1.82, 2.24) is 0 Å². The number of fused-ring (bicyclic) bond motifs is 3. The predicted molar refractivity (Wildman–Crippen MR) is 134 cm³/mol. The fourth-order valence-corrected chi connectivity index (χ4v) is 4.84. The van der Waals surface area contributed by atoms with E-state index in [0.717, 1.165) is 16.3 Å². The van der Waals surface area contributed by atoms with Crippen LogP contribution in [0.5, 0.6) is 0 Å². The molecule has 1 N–H and O–H groups in total. The summed E-state index contributed by atoms with van der Waals surface area (Å²) in [5.41, 5.74) is 1.22. The average Bonchev–Trinajstić information content (AvgIpc) is 3.27. The van der Waals surface area contributed by atoms with Gasteiger partial charge in [-0.2, -0.15) is 0 Å². The Morgan fingerprint density at radius 1 is 0.971 bits per heavy atom. The van der Waals surface area contributed by atoms with Crippen LogP contribution in [-0.2, 0) is 4.74 Å². The van der Waals surface area contributed by atoms with Gasteiger partial charge in [-0.25, -0.2) is 9.59 Å². The van der Waals surface area contributed by atoms with E-state index >= 15 is 0 Å². The standard InChI is InChI=1S/C27H19NO5S/c1-2-32-27(31)23-21(16-8-4-3-5-9-16)15-34-25(23)28-24(29)20-14-19-18-11-7-6-10-17(18)12-13-22(19)33-26(20)30/h3-15H,2H2,1H3,(H,28,29). The SMILES string of the molecule is CCOC(=O)c1c(-c2ccccc2)csc1NC(=O)c1cc2c(ccc3ccccc32)oc1=O. The molecule has 3 aromatic carbocycles. The summed E-state index contributed by atoms with van der Waals surface area (Å²) in [6, 6.07) is 22.1. The maximum Gasteiger partial charge on any atom is 0.349 e. The van der Waals surface area contributed by atoms with Gasteiger partial charge in [-0.05, 0) is 35.4 Å². The van der Waals surface area contributed by atoms with Gasteiger partial charge in [0.25, 0.3) is 5.91 Å². The fraction of sp³-hybridized carbons (Fsp3) is 0.0741. The molecule has 6 nitrogen and oxygen atoms in total. The molecule has 0 radical (unpaired) electrons. The molecule has 0 saturated carbocycles. The van der Waals surface area contributed by atoms with Gasteiger partial charge in [0, 0.05) is 16.3 Å². The summed E-state index contributed by atoms with van der Waals surface area (Å²) in [6.45, 7) is 1.91. The van der Waals surface area contributed by atoms with Gasteiger partial charge in [0.15, 0.2) is 0 Å². The lowest BCUT2D eigenvalue weighted by Gasteiger charge is -2.09. The van der Waals surface area contributed by atoms with Crippen molar-refractivity contribution in [3.05, 3.63) is 99.7 Å². The molecule has 0 aliphatic carbocycles. The molecule has 0 aliphatic rings. The number of rotatable bonds is 5. The minimum Gasteiger partial charge on any atom is -0.462 e. The topological polar surface area (TPSA) is 85.6 Å². The highest BCUT2D eigenvalue weighted by Crippen LogP contribution is 2.36. The fourth-order valence-electron chi connectivity index (χ4n) is 3.89. The number of anilines is 1. The summed E-state index contributed by atoms with van der Waals surface area (Å²) in [5.74, 6) is -1.20. The van der Waals surface area contributed by atoms with Crippen LogP contribution in [0.25, 0.3) is 32.9 Å². The molecule has 5 rings (SSSR count). The Morgan fingerprint density at radius 3 is 2.53 bits per heavy atom. The van der Waals surface area contributed by atoms with Crippen LogP contribution < -0.4 is 10.9 Å². The molecule has 0 fully saturated rings. The first kappa shape index (κ1) is 21.6. The van der Waals surface area contributed by atoms with Gasteiger partial charge >= 0.3 is 11.6 Å². The summed E-state index contributed by atoms with van der Waals surface area (Å²) >= 11 is 1.19. The van der Waals surface area contributed by atoms with Crippen LogP contribution in [0.4, 0.5) is 5.00 Å². The van der Waals surface area contributed by atoms with Crippen LogP contribution in [-0.4, -0.2) is 18.5 Å². The third-order valence-corrected chi connectivity index (χ3v) is 6.36. The van der Waals surface area contributed by atoms with E-state index in [-0.39, 0.29) is 17.7 Å². The minimum absolute atomic E-state index is 0.145. The number of thiophene rings is 1. The Labute approximate surface area is 198 Å². The summed E-state index contributed by atoms with van der Waals surface area (Å²) < 4.78 is 10.7. The molecule has 0 spiro atoms. The van der Waals surface area contributed by atoms with Crippen LogP contribution in [0.2, 0.25) is 0 Å². The molecular formula is C27H19NO5S. The molecule has 5 aromatic rings. The Bertz CT molecular complexity index is 1600. The Morgan fingerprint density at radius 2 is 1.74 bits per heavy atom. The summed E-state index contributed by atoms with van der Waals surface area (Å²) in [5, 5.41) is 7.31. The monoisotopic (exact) mass is 469 g/mol. The van der Waals surface area contributed by atoms with Crippen LogP contribution in [0.3, 0.4) is 0 Å². The van der Waals surface area contributed by atoms with Gasteiger partial charge in [-0.15, -0.1) is 11.3 Å². The van der Waals surface area contributed by atoms with Gasteiger partial charge in [-0.1, -0.05) is 60.7 Å². The summed E-state index contributed by atoms with van der Waals surface area (Å²) in [4.78, 5) is 38.6. The van der Waals surface area contributed by atoms with Crippen molar-refractivity contribution in [3.63, 3.8) is 0 Å². The lowest BCUT2D eigenvalue weighted by Crippen LogP contribution is -2.21. The number of amides is 1. The second-order valence-electron chi connectivity index (χ2n) is 7.54. The second kappa shape index (κ2) is 8.96. The van der Waals surface area contributed by atoms with Crippen LogP contribution in [0, 0.1) is 0 Å². The number of esters is 1. The predicted octanol–water partition coefficient (Wildman–Crippen LogP) is 6.10. The number of hydrogen-bond acceptors (Lipinski definition) is 6. The van der Waals surface area contributed by atoms with E-state index in [0.29, 0.717) is 21.5 Å². The van der Waals surface area contributed by atoms with Gasteiger partial charge < -0.3 is 14.5 Å². The van der Waals surface area contributed by atoms with E-state index in [1.807, 2.05) is 60.7 Å². The van der Waals surface area contributed by atoms with Gasteiger partial charge in [0.1, 0.15) is 21.7 Å². The number of ether oxygens (including phenoxy) is 1. The number of carbonyl (C=O) groups is 2. The van der Waals surface area contributed by atoms with Crippen molar-refractivity contribution in [3.8, 4) is 11.1 Å². The molecule has 34 heavy (non-hydrogen) atoms. The zero-order valence-electron chi connectivity index (χ0n) is 18.2. The van der Waals surface area contributed by atoms with E-state index in [4.69, 9.17) is 9.15 Å². The molecule has 0 atom stereocenters. The molecule has 168 valence electrons. The molecule has 7 heteroatoms. The Kier molecular flexibility index (Phi) is 5.69. The third-order valence-electron chi connectivity index (χ3n) is 5.47.